The van der Waals surface area contributed by atoms with E-state index < -0.39 is 0 Å². The Kier molecular flexibility index (Phi) is 10.6. The molecule has 24 heavy (non-hydrogen) atoms. The maximum Gasteiger partial charge on any atom is 0.223 e. The molecule has 0 aromatic heterocycles. The number of carbonyl (C=O) groups is 1. The van der Waals surface area contributed by atoms with Crippen LogP contribution in [0.1, 0.15) is 24.8 Å². The molecule has 4 nitrogen and oxygen atoms in total. The van der Waals surface area contributed by atoms with E-state index in [0.29, 0.717) is 12.5 Å². The van der Waals surface area contributed by atoms with Gasteiger partial charge in [0.25, 0.3) is 0 Å². The molecule has 1 aliphatic heterocycles. The Morgan fingerprint density at radius 2 is 2.33 bits per heavy atom. The molecule has 136 valence electrons. The molecule has 0 bridgehead atoms. The van der Waals surface area contributed by atoms with E-state index in [0.717, 1.165) is 36.9 Å². The summed E-state index contributed by atoms with van der Waals surface area (Å²) < 4.78 is 6.23. The minimum atomic E-state index is -0.0409. The highest BCUT2D eigenvalue weighted by Crippen LogP contribution is 2.18. The van der Waals surface area contributed by atoms with Crippen molar-refractivity contribution in [2.45, 2.75) is 25.7 Å². The van der Waals surface area contributed by atoms with Gasteiger partial charge in [0.1, 0.15) is 0 Å². The number of ether oxygens (including phenoxy) is 1. The van der Waals surface area contributed by atoms with E-state index in [4.69, 9.17) is 4.74 Å². The van der Waals surface area contributed by atoms with Crippen LogP contribution < -0.4 is 10.6 Å². The highest BCUT2D eigenvalue weighted by Gasteiger charge is 2.21. The molecule has 1 amide bonds. The Labute approximate surface area is 159 Å². The van der Waals surface area contributed by atoms with Crippen molar-refractivity contribution in [3.05, 3.63) is 34.3 Å². The van der Waals surface area contributed by atoms with Gasteiger partial charge < -0.3 is 15.4 Å². The van der Waals surface area contributed by atoms with Crippen molar-refractivity contribution in [3.63, 3.8) is 0 Å². The first kappa shape index (κ1) is 21.4. The third-order valence-electron chi connectivity index (χ3n) is 4.38. The topological polar surface area (TPSA) is 50.4 Å². The maximum absolute atomic E-state index is 12.6. The van der Waals surface area contributed by atoms with Crippen LogP contribution in [0.25, 0.3) is 0 Å². The van der Waals surface area contributed by atoms with Crippen molar-refractivity contribution in [3.8, 4) is 0 Å². The zero-order valence-corrected chi connectivity index (χ0v) is 16.6. The minimum absolute atomic E-state index is 0. The molecule has 0 spiro atoms. The zero-order chi connectivity index (χ0) is 16.5. The van der Waals surface area contributed by atoms with Crippen LogP contribution in [0.4, 0.5) is 0 Å². The number of carbonyl (C=O) groups excluding carboxylic acids is 1. The summed E-state index contributed by atoms with van der Waals surface area (Å²) in [5.74, 6) is 0.662. The number of piperidine rings is 1. The lowest BCUT2D eigenvalue weighted by Crippen LogP contribution is -2.40. The van der Waals surface area contributed by atoms with Gasteiger partial charge in [0.05, 0.1) is 0 Å². The van der Waals surface area contributed by atoms with Gasteiger partial charge in [-0.2, -0.15) is 0 Å². The molecule has 1 fully saturated rings. The predicted octanol–water partition coefficient (Wildman–Crippen LogP) is 3.18. The molecule has 0 radical (unpaired) electrons. The quantitative estimate of drug-likeness (QED) is 0.680. The van der Waals surface area contributed by atoms with Gasteiger partial charge in [-0.15, -0.1) is 12.4 Å². The van der Waals surface area contributed by atoms with Crippen LogP contribution in [0.2, 0.25) is 0 Å². The van der Waals surface area contributed by atoms with Gasteiger partial charge in [0.2, 0.25) is 5.91 Å². The lowest BCUT2D eigenvalue weighted by Gasteiger charge is -2.24. The van der Waals surface area contributed by atoms with Gasteiger partial charge in [-0.3, -0.25) is 4.79 Å². The van der Waals surface area contributed by atoms with Crippen molar-refractivity contribution in [2.75, 3.05) is 33.4 Å². The number of halogens is 2. The van der Waals surface area contributed by atoms with E-state index in [9.17, 15) is 4.79 Å². The Bertz CT molecular complexity index is 496. The average molecular weight is 420 g/mol. The second-order valence-electron chi connectivity index (χ2n) is 6.27. The first-order chi connectivity index (χ1) is 11.2. The van der Waals surface area contributed by atoms with Crippen LogP contribution in [0.15, 0.2) is 28.7 Å². The molecule has 2 N–H and O–H groups in total. The number of methoxy groups -OCH3 is 1. The summed E-state index contributed by atoms with van der Waals surface area (Å²) in [7, 11) is 1.68. The maximum atomic E-state index is 12.6. The number of hydrogen-bond donors (Lipinski definition) is 2. The first-order valence-electron chi connectivity index (χ1n) is 8.41. The Morgan fingerprint density at radius 3 is 3.00 bits per heavy atom. The number of amides is 1. The van der Waals surface area contributed by atoms with Crippen LogP contribution in [-0.4, -0.2) is 39.3 Å². The molecule has 0 aliphatic carbocycles. The third kappa shape index (κ3) is 7.51. The monoisotopic (exact) mass is 418 g/mol. The van der Waals surface area contributed by atoms with E-state index in [1.165, 1.54) is 18.4 Å². The number of hydrogen-bond acceptors (Lipinski definition) is 3. The number of nitrogens with one attached hydrogen (secondary N) is 2. The molecule has 1 saturated heterocycles. The van der Waals surface area contributed by atoms with Gasteiger partial charge in [-0.05, 0) is 62.4 Å². The van der Waals surface area contributed by atoms with Gasteiger partial charge in [-0.1, -0.05) is 28.1 Å². The van der Waals surface area contributed by atoms with Gasteiger partial charge in [0.15, 0.2) is 0 Å². The highest BCUT2D eigenvalue weighted by atomic mass is 79.9. The molecular formula is C18H28BrClN2O2. The fraction of sp³-hybridized carbons (Fsp3) is 0.611. The summed E-state index contributed by atoms with van der Waals surface area (Å²) in [6, 6.07) is 8.17. The van der Waals surface area contributed by atoms with E-state index >= 15 is 0 Å². The summed E-state index contributed by atoms with van der Waals surface area (Å²) in [6.07, 6.45) is 3.89. The van der Waals surface area contributed by atoms with Crippen LogP contribution in [-0.2, 0) is 16.0 Å². The minimum Gasteiger partial charge on any atom is -0.385 e. The molecule has 1 aromatic rings. The largest absolute Gasteiger partial charge is 0.385 e. The van der Waals surface area contributed by atoms with E-state index in [1.54, 1.807) is 7.11 Å². The Hall–Kier alpha value is -0.620. The van der Waals surface area contributed by atoms with E-state index in [2.05, 4.69) is 38.7 Å². The summed E-state index contributed by atoms with van der Waals surface area (Å²) in [6.45, 7) is 3.49. The lowest BCUT2D eigenvalue weighted by molar-refractivity contribution is -0.125. The molecule has 6 heteroatoms. The fourth-order valence-electron chi connectivity index (χ4n) is 3.02. The SMILES string of the molecule is COCCC(Cc1cccc(Br)c1)C(=O)NCC1CCCNC1.Cl. The van der Waals surface area contributed by atoms with Crippen LogP contribution in [0.3, 0.4) is 0 Å². The lowest BCUT2D eigenvalue weighted by atomic mass is 9.94. The second-order valence-corrected chi connectivity index (χ2v) is 7.19. The normalized spacial score (nSPS) is 18.5. The fourth-order valence-corrected chi connectivity index (χ4v) is 3.47. The van der Waals surface area contributed by atoms with E-state index in [-0.39, 0.29) is 24.2 Å². The summed E-state index contributed by atoms with van der Waals surface area (Å²) in [5, 5.41) is 6.54. The summed E-state index contributed by atoms with van der Waals surface area (Å²) >= 11 is 3.49. The molecule has 2 atom stereocenters. The van der Waals surface area contributed by atoms with Crippen LogP contribution in [0.5, 0.6) is 0 Å². The summed E-state index contributed by atoms with van der Waals surface area (Å²) in [5.41, 5.74) is 1.18. The van der Waals surface area contributed by atoms with Crippen LogP contribution >= 0.6 is 28.3 Å². The van der Waals surface area contributed by atoms with Crippen molar-refractivity contribution < 1.29 is 9.53 Å². The molecule has 2 unspecified atom stereocenters. The van der Waals surface area contributed by atoms with E-state index in [1.807, 2.05) is 12.1 Å². The first-order valence-corrected chi connectivity index (χ1v) is 9.20. The number of rotatable bonds is 8. The zero-order valence-electron chi connectivity index (χ0n) is 14.2. The van der Waals surface area contributed by atoms with Crippen LogP contribution in [0, 0.1) is 11.8 Å². The average Bonchev–Trinajstić information content (AvgIpc) is 2.57. The molecule has 1 aromatic carbocycles. The van der Waals surface area contributed by atoms with Crippen molar-refractivity contribution in [1.82, 2.24) is 10.6 Å². The molecule has 2 rings (SSSR count). The predicted molar refractivity (Wildman–Crippen MR) is 104 cm³/mol. The summed E-state index contributed by atoms with van der Waals surface area (Å²) in [4.78, 5) is 12.6. The standard InChI is InChI=1S/C18H27BrN2O2.ClH/c1-23-9-7-16(10-14-4-2-6-17(19)11-14)18(22)21-13-15-5-3-8-20-12-15;/h2,4,6,11,15-16,20H,3,5,7-10,12-13H2,1H3,(H,21,22);1H. The number of benzene rings is 1. The van der Waals surface area contributed by atoms with Gasteiger partial charge >= 0.3 is 0 Å². The smallest absolute Gasteiger partial charge is 0.223 e. The Morgan fingerprint density at radius 1 is 1.50 bits per heavy atom. The molecule has 1 aliphatic rings. The van der Waals surface area contributed by atoms with Crippen molar-refractivity contribution in [2.24, 2.45) is 11.8 Å². The van der Waals surface area contributed by atoms with Crippen molar-refractivity contribution >= 4 is 34.2 Å². The third-order valence-corrected chi connectivity index (χ3v) is 4.87. The molecule has 0 saturated carbocycles. The van der Waals surface area contributed by atoms with Gasteiger partial charge in [0, 0.05) is 30.7 Å². The second kappa shape index (κ2) is 11.9. The molecule has 1 heterocycles. The highest BCUT2D eigenvalue weighted by molar-refractivity contribution is 9.10. The van der Waals surface area contributed by atoms with Gasteiger partial charge in [-0.25, -0.2) is 0 Å². The van der Waals surface area contributed by atoms with Crippen molar-refractivity contribution in [1.29, 1.82) is 0 Å². The molecular weight excluding hydrogens is 392 g/mol. The Balaban J connectivity index is 0.00000288.